The van der Waals surface area contributed by atoms with Gasteiger partial charge in [-0.05, 0) is 38.5 Å². The lowest BCUT2D eigenvalue weighted by Gasteiger charge is -2.28. The van der Waals surface area contributed by atoms with Crippen LogP contribution in [0.5, 0.6) is 0 Å². The zero-order chi connectivity index (χ0) is 20.1. The maximum atomic E-state index is 12.5. The van der Waals surface area contributed by atoms with Gasteiger partial charge < -0.3 is 19.4 Å². The highest BCUT2D eigenvalue weighted by molar-refractivity contribution is 5.80. The predicted octanol–water partition coefficient (Wildman–Crippen LogP) is 1.58. The third-order valence-corrected chi connectivity index (χ3v) is 5.41. The summed E-state index contributed by atoms with van der Waals surface area (Å²) in [6.07, 6.45) is 5.99. The molecule has 1 saturated carbocycles. The van der Waals surface area contributed by atoms with Crippen LogP contribution in [0.3, 0.4) is 0 Å². The van der Waals surface area contributed by atoms with Gasteiger partial charge in [-0.15, -0.1) is 0 Å². The third-order valence-electron chi connectivity index (χ3n) is 5.41. The minimum atomic E-state index is -1.02. The number of aliphatic carboxylic acids is 1. The second-order valence-corrected chi connectivity index (χ2v) is 7.68. The molecule has 1 unspecified atom stereocenters. The Morgan fingerprint density at radius 2 is 2.00 bits per heavy atom. The Morgan fingerprint density at radius 1 is 1.21 bits per heavy atom. The van der Waals surface area contributed by atoms with Crippen LogP contribution in [0, 0.1) is 0 Å². The smallest absolute Gasteiger partial charge is 0.323 e. The molecule has 2 aliphatic rings. The summed E-state index contributed by atoms with van der Waals surface area (Å²) >= 11 is 0. The maximum absolute atomic E-state index is 12.5. The molecular weight excluding hydrogens is 364 g/mol. The summed E-state index contributed by atoms with van der Waals surface area (Å²) in [6.45, 7) is 2.28. The van der Waals surface area contributed by atoms with E-state index in [9.17, 15) is 14.4 Å². The van der Waals surface area contributed by atoms with Gasteiger partial charge in [0.1, 0.15) is 6.54 Å². The fraction of sp³-hybridized carbons (Fsp3) is 0.737. The number of aromatic nitrogens is 2. The molecule has 1 aliphatic carbocycles. The average molecular weight is 392 g/mol. The van der Waals surface area contributed by atoms with Gasteiger partial charge in [-0.1, -0.05) is 5.16 Å². The first-order chi connectivity index (χ1) is 13.4. The van der Waals surface area contributed by atoms with Crippen molar-refractivity contribution in [3.05, 3.63) is 11.7 Å². The molecule has 2 amide bonds. The van der Waals surface area contributed by atoms with Gasteiger partial charge in [-0.2, -0.15) is 4.98 Å². The number of carbonyl (C=O) groups excluding carboxylic acids is 2. The molecule has 28 heavy (non-hydrogen) atoms. The van der Waals surface area contributed by atoms with E-state index in [4.69, 9.17) is 9.63 Å². The Morgan fingerprint density at radius 3 is 2.68 bits per heavy atom. The van der Waals surface area contributed by atoms with Crippen molar-refractivity contribution in [1.29, 1.82) is 0 Å². The van der Waals surface area contributed by atoms with Crippen molar-refractivity contribution in [2.75, 3.05) is 19.6 Å². The molecule has 1 saturated heterocycles. The van der Waals surface area contributed by atoms with E-state index in [1.54, 1.807) is 0 Å². The van der Waals surface area contributed by atoms with Crippen LogP contribution in [0.4, 0.5) is 0 Å². The highest BCUT2D eigenvalue weighted by atomic mass is 16.5. The van der Waals surface area contributed by atoms with Gasteiger partial charge in [0.15, 0.2) is 5.82 Å². The Labute approximate surface area is 164 Å². The average Bonchev–Trinajstić information content (AvgIpc) is 3.43. The number of carboxylic acid groups (broad SMARTS) is 1. The lowest BCUT2D eigenvalue weighted by Crippen LogP contribution is -2.43. The molecule has 1 aromatic rings. The number of amides is 2. The van der Waals surface area contributed by atoms with Crippen LogP contribution in [-0.2, 0) is 20.8 Å². The number of likely N-dealkylation sites (tertiary alicyclic amines) is 1. The van der Waals surface area contributed by atoms with Crippen molar-refractivity contribution < 1.29 is 24.0 Å². The Balaban J connectivity index is 1.43. The van der Waals surface area contributed by atoms with Gasteiger partial charge in [0.2, 0.25) is 17.7 Å². The molecule has 9 nitrogen and oxygen atoms in total. The summed E-state index contributed by atoms with van der Waals surface area (Å²) in [5.74, 6) is 0.665. The molecule has 0 bridgehead atoms. The van der Waals surface area contributed by atoms with Gasteiger partial charge in [-0.3, -0.25) is 14.4 Å². The van der Waals surface area contributed by atoms with E-state index in [2.05, 4.69) is 10.1 Å². The number of nitrogens with zero attached hydrogens (tertiary/aromatic N) is 4. The first kappa shape index (κ1) is 20.3. The Hall–Kier alpha value is -2.45. The lowest BCUT2D eigenvalue weighted by molar-refractivity contribution is -0.145. The van der Waals surface area contributed by atoms with E-state index in [1.807, 2.05) is 4.90 Å². The minimum Gasteiger partial charge on any atom is -0.480 e. The van der Waals surface area contributed by atoms with E-state index in [1.165, 1.54) is 11.8 Å². The molecule has 0 aromatic carbocycles. The normalized spacial score (nSPS) is 19.9. The van der Waals surface area contributed by atoms with Crippen LogP contribution < -0.4 is 0 Å². The third kappa shape index (κ3) is 5.53. The van der Waals surface area contributed by atoms with E-state index in [0.29, 0.717) is 57.0 Å². The van der Waals surface area contributed by atoms with Crippen LogP contribution in [0.15, 0.2) is 4.52 Å². The molecule has 0 radical (unpaired) electrons. The molecule has 2 fully saturated rings. The van der Waals surface area contributed by atoms with Crippen molar-refractivity contribution in [3.63, 3.8) is 0 Å². The van der Waals surface area contributed by atoms with Crippen LogP contribution in [0.25, 0.3) is 0 Å². The van der Waals surface area contributed by atoms with Gasteiger partial charge in [0, 0.05) is 44.8 Å². The molecule has 1 N–H and O–H groups in total. The fourth-order valence-electron chi connectivity index (χ4n) is 3.71. The molecule has 1 aliphatic heterocycles. The van der Waals surface area contributed by atoms with Gasteiger partial charge in [0.05, 0.1) is 0 Å². The maximum Gasteiger partial charge on any atom is 0.323 e. The molecule has 3 rings (SSSR count). The number of aryl methyl sites for hydroxylation is 1. The van der Waals surface area contributed by atoms with Crippen molar-refractivity contribution in [3.8, 4) is 0 Å². The van der Waals surface area contributed by atoms with E-state index in [-0.39, 0.29) is 24.4 Å². The monoisotopic (exact) mass is 392 g/mol. The van der Waals surface area contributed by atoms with Gasteiger partial charge in [0.25, 0.3) is 0 Å². The summed E-state index contributed by atoms with van der Waals surface area (Å²) in [4.78, 5) is 43.0. The summed E-state index contributed by atoms with van der Waals surface area (Å²) in [6, 6.07) is -0.134. The molecule has 0 spiro atoms. The molecule has 2 heterocycles. The van der Waals surface area contributed by atoms with Crippen molar-refractivity contribution in [2.24, 2.45) is 0 Å². The molecule has 1 aromatic heterocycles. The SMILES string of the molecule is CC(=O)N(CC(=O)O)C1CCCN(C(=O)CCCc2nc(C3CC3)no2)CC1. The van der Waals surface area contributed by atoms with Gasteiger partial charge in [-0.25, -0.2) is 0 Å². The van der Waals surface area contributed by atoms with Crippen molar-refractivity contribution in [2.45, 2.75) is 70.3 Å². The second kappa shape index (κ2) is 9.16. The van der Waals surface area contributed by atoms with Crippen LogP contribution in [0.1, 0.15) is 69.5 Å². The Bertz CT molecular complexity index is 715. The standard InChI is InChI=1S/C19H28N4O5/c1-13(24)23(12-18(26)27)15-4-3-10-22(11-9-15)17(25)6-2-5-16-20-19(21-28-16)14-7-8-14/h14-15H,2-12H2,1H3,(H,26,27). The highest BCUT2D eigenvalue weighted by Gasteiger charge is 2.29. The lowest BCUT2D eigenvalue weighted by atomic mass is 10.1. The predicted molar refractivity (Wildman–Crippen MR) is 98.5 cm³/mol. The van der Waals surface area contributed by atoms with Gasteiger partial charge >= 0.3 is 5.97 Å². The minimum absolute atomic E-state index is 0.0789. The van der Waals surface area contributed by atoms with Crippen LogP contribution in [-0.4, -0.2) is 68.5 Å². The van der Waals surface area contributed by atoms with E-state index < -0.39 is 5.97 Å². The quantitative estimate of drug-likeness (QED) is 0.714. The number of hydrogen-bond acceptors (Lipinski definition) is 6. The second-order valence-electron chi connectivity index (χ2n) is 7.68. The van der Waals surface area contributed by atoms with Crippen LogP contribution >= 0.6 is 0 Å². The molecule has 1 atom stereocenters. The summed E-state index contributed by atoms with van der Waals surface area (Å²) in [5, 5.41) is 13.0. The van der Waals surface area contributed by atoms with E-state index in [0.717, 1.165) is 25.1 Å². The molecular formula is C19H28N4O5. The molecule has 154 valence electrons. The number of rotatable bonds is 8. The number of carbonyl (C=O) groups is 3. The summed E-state index contributed by atoms with van der Waals surface area (Å²) in [7, 11) is 0. The van der Waals surface area contributed by atoms with E-state index >= 15 is 0 Å². The number of hydrogen-bond donors (Lipinski definition) is 1. The van der Waals surface area contributed by atoms with Crippen LogP contribution in [0.2, 0.25) is 0 Å². The first-order valence-corrected chi connectivity index (χ1v) is 10.0. The molecule has 9 heteroatoms. The summed E-state index contributed by atoms with van der Waals surface area (Å²) in [5.41, 5.74) is 0. The zero-order valence-corrected chi connectivity index (χ0v) is 16.3. The highest BCUT2D eigenvalue weighted by Crippen LogP contribution is 2.38. The fourth-order valence-corrected chi connectivity index (χ4v) is 3.71. The zero-order valence-electron chi connectivity index (χ0n) is 16.3. The van der Waals surface area contributed by atoms with Crippen molar-refractivity contribution >= 4 is 17.8 Å². The Kier molecular flexibility index (Phi) is 6.64. The summed E-state index contributed by atoms with van der Waals surface area (Å²) < 4.78 is 5.24. The largest absolute Gasteiger partial charge is 0.480 e. The van der Waals surface area contributed by atoms with Crippen molar-refractivity contribution in [1.82, 2.24) is 19.9 Å². The topological polar surface area (TPSA) is 117 Å². The first-order valence-electron chi connectivity index (χ1n) is 10.0. The number of carboxylic acids is 1.